The van der Waals surface area contributed by atoms with Crippen molar-refractivity contribution in [1.82, 2.24) is 4.90 Å². The molecule has 9 heteroatoms. The highest BCUT2D eigenvalue weighted by atomic mass is 79.9. The van der Waals surface area contributed by atoms with Gasteiger partial charge >= 0.3 is 6.18 Å². The maximum Gasteiger partial charge on any atom is 0.416 e. The predicted molar refractivity (Wildman–Crippen MR) is 128 cm³/mol. The predicted octanol–water partition coefficient (Wildman–Crippen LogP) is 5.04. The molecule has 0 saturated carbocycles. The molecule has 0 spiro atoms. The number of likely N-dealkylation sites (tertiary alicyclic amines) is 1. The minimum absolute atomic E-state index is 0.0665. The number of halogens is 4. The molecule has 2 atom stereocenters. The smallest absolute Gasteiger partial charge is 0.325 e. The van der Waals surface area contributed by atoms with E-state index in [2.05, 4.69) is 21.2 Å². The molecule has 1 heterocycles. The van der Waals surface area contributed by atoms with E-state index >= 15 is 0 Å². The highest BCUT2D eigenvalue weighted by molar-refractivity contribution is 9.09. The largest absolute Gasteiger partial charge is 0.416 e. The first kappa shape index (κ1) is 23.0. The number of imide groups is 1. The van der Waals surface area contributed by atoms with Crippen LogP contribution in [0.25, 0.3) is 0 Å². The fraction of sp³-hybridized carbons (Fsp3) is 0.222. The van der Waals surface area contributed by atoms with Gasteiger partial charge in [-0.3, -0.25) is 19.3 Å². The van der Waals surface area contributed by atoms with Crippen LogP contribution in [-0.4, -0.2) is 29.2 Å². The first-order valence-electron chi connectivity index (χ1n) is 11.3. The Morgan fingerprint density at radius 3 is 2.14 bits per heavy atom. The first-order chi connectivity index (χ1) is 17.1. The monoisotopic (exact) mass is 554 g/mol. The van der Waals surface area contributed by atoms with Gasteiger partial charge in [-0.25, -0.2) is 0 Å². The van der Waals surface area contributed by atoms with Crippen LogP contribution in [0.15, 0.2) is 72.8 Å². The Morgan fingerprint density at radius 2 is 1.53 bits per heavy atom. The Hall–Kier alpha value is -3.46. The van der Waals surface area contributed by atoms with Crippen molar-refractivity contribution < 1.29 is 27.6 Å². The van der Waals surface area contributed by atoms with E-state index in [0.717, 1.165) is 39.3 Å². The zero-order valence-corrected chi connectivity index (χ0v) is 20.1. The Bertz CT molecular complexity index is 1410. The summed E-state index contributed by atoms with van der Waals surface area (Å²) in [6.45, 7) is -0.580. The molecule has 36 heavy (non-hydrogen) atoms. The summed E-state index contributed by atoms with van der Waals surface area (Å²) in [5.41, 5.74) is 2.80. The Labute approximate surface area is 212 Å². The number of amides is 3. The van der Waals surface area contributed by atoms with Gasteiger partial charge in [0.2, 0.25) is 17.7 Å². The Balaban J connectivity index is 1.33. The van der Waals surface area contributed by atoms with Crippen molar-refractivity contribution in [2.24, 2.45) is 11.8 Å². The fourth-order valence-corrected chi connectivity index (χ4v) is 7.21. The van der Waals surface area contributed by atoms with E-state index in [1.807, 2.05) is 48.5 Å². The minimum atomic E-state index is -4.56. The number of nitrogens with zero attached hydrogens (tertiary/aromatic N) is 1. The molecule has 3 amide bonds. The molecule has 1 N–H and O–H groups in total. The van der Waals surface area contributed by atoms with E-state index in [0.29, 0.717) is 0 Å². The number of carbonyl (C=O) groups is 3. The molecule has 2 bridgehead atoms. The van der Waals surface area contributed by atoms with Crippen LogP contribution < -0.4 is 5.32 Å². The minimum Gasteiger partial charge on any atom is -0.325 e. The molecule has 5 nitrogen and oxygen atoms in total. The zero-order chi connectivity index (χ0) is 25.4. The van der Waals surface area contributed by atoms with Crippen LogP contribution >= 0.6 is 15.9 Å². The number of alkyl halides is 4. The number of rotatable bonds is 3. The van der Waals surface area contributed by atoms with Crippen molar-refractivity contribution in [3.8, 4) is 0 Å². The molecular weight excluding hydrogens is 537 g/mol. The zero-order valence-electron chi connectivity index (χ0n) is 18.6. The van der Waals surface area contributed by atoms with Crippen LogP contribution in [0.1, 0.15) is 33.7 Å². The molecular formula is C27H18BrF3N2O3. The third-order valence-corrected chi connectivity index (χ3v) is 8.73. The van der Waals surface area contributed by atoms with Crippen LogP contribution in [0.5, 0.6) is 0 Å². The van der Waals surface area contributed by atoms with Crippen molar-refractivity contribution >= 4 is 39.3 Å². The lowest BCUT2D eigenvalue weighted by atomic mass is 9.55. The lowest BCUT2D eigenvalue weighted by Gasteiger charge is -2.51. The van der Waals surface area contributed by atoms with Crippen LogP contribution in [0, 0.1) is 11.8 Å². The van der Waals surface area contributed by atoms with Gasteiger partial charge in [-0.05, 0) is 40.5 Å². The summed E-state index contributed by atoms with van der Waals surface area (Å²) in [6, 6.07) is 19.6. The van der Waals surface area contributed by atoms with Crippen molar-refractivity contribution in [3.63, 3.8) is 0 Å². The molecule has 0 aromatic heterocycles. The summed E-state index contributed by atoms with van der Waals surface area (Å²) in [5, 5.41) is 2.39. The van der Waals surface area contributed by atoms with Gasteiger partial charge in [-0.1, -0.05) is 70.5 Å². The van der Waals surface area contributed by atoms with Gasteiger partial charge in [0.25, 0.3) is 0 Å². The van der Waals surface area contributed by atoms with Crippen molar-refractivity contribution in [2.75, 3.05) is 11.9 Å². The molecule has 1 fully saturated rings. The highest BCUT2D eigenvalue weighted by Crippen LogP contribution is 2.66. The van der Waals surface area contributed by atoms with Crippen molar-refractivity contribution in [3.05, 3.63) is 101 Å². The van der Waals surface area contributed by atoms with E-state index < -0.39 is 52.2 Å². The SMILES string of the molecule is O=C(CN1C(=O)C2C3c4ccccc4C(Br)(c4ccccc43)C2C1=O)Nc1cccc(C(F)(F)F)c1. The third kappa shape index (κ3) is 3.11. The maximum atomic E-state index is 13.7. The second kappa shape index (κ2) is 7.77. The lowest BCUT2D eigenvalue weighted by Crippen LogP contribution is -2.50. The Morgan fingerprint density at radius 1 is 0.917 bits per heavy atom. The van der Waals surface area contributed by atoms with E-state index in [-0.39, 0.29) is 11.6 Å². The lowest BCUT2D eigenvalue weighted by molar-refractivity contribution is -0.142. The molecule has 182 valence electrons. The summed E-state index contributed by atoms with van der Waals surface area (Å²) in [6.07, 6.45) is -4.56. The number of benzene rings is 3. The molecule has 0 radical (unpaired) electrons. The maximum absolute atomic E-state index is 13.7. The van der Waals surface area contributed by atoms with Crippen molar-refractivity contribution in [1.29, 1.82) is 0 Å². The summed E-state index contributed by atoms with van der Waals surface area (Å²) in [4.78, 5) is 41.0. The summed E-state index contributed by atoms with van der Waals surface area (Å²) in [7, 11) is 0. The fourth-order valence-electron chi connectivity index (χ4n) is 6.01. The molecule has 4 aliphatic rings. The van der Waals surface area contributed by atoms with Crippen LogP contribution in [0.3, 0.4) is 0 Å². The Kier molecular flexibility index (Phi) is 4.96. The van der Waals surface area contributed by atoms with Gasteiger partial charge in [0, 0.05) is 11.6 Å². The van der Waals surface area contributed by atoms with Gasteiger partial charge in [-0.15, -0.1) is 0 Å². The molecule has 2 unspecified atom stereocenters. The second-order valence-electron chi connectivity index (χ2n) is 9.26. The van der Waals surface area contributed by atoms with Gasteiger partial charge in [0.15, 0.2) is 0 Å². The summed E-state index contributed by atoms with van der Waals surface area (Å²) in [5.74, 6) is -3.46. The first-order valence-corrected chi connectivity index (χ1v) is 12.1. The van der Waals surface area contributed by atoms with E-state index in [1.165, 1.54) is 12.1 Å². The molecule has 1 saturated heterocycles. The van der Waals surface area contributed by atoms with Crippen LogP contribution in [-0.2, 0) is 24.9 Å². The molecule has 1 aliphatic heterocycles. The topological polar surface area (TPSA) is 66.5 Å². The quantitative estimate of drug-likeness (QED) is 0.364. The summed E-state index contributed by atoms with van der Waals surface area (Å²) < 4.78 is 38.2. The average Bonchev–Trinajstić information content (AvgIpc) is 3.10. The van der Waals surface area contributed by atoms with Gasteiger partial charge in [0.1, 0.15) is 6.54 Å². The molecule has 7 rings (SSSR count). The van der Waals surface area contributed by atoms with E-state index in [1.54, 1.807) is 0 Å². The normalized spacial score (nSPS) is 25.9. The van der Waals surface area contributed by atoms with E-state index in [9.17, 15) is 27.6 Å². The average molecular weight is 555 g/mol. The number of anilines is 1. The number of nitrogens with one attached hydrogen (secondary N) is 1. The number of hydrogen-bond donors (Lipinski definition) is 1. The van der Waals surface area contributed by atoms with Gasteiger partial charge < -0.3 is 5.32 Å². The highest BCUT2D eigenvalue weighted by Gasteiger charge is 2.67. The molecule has 3 aromatic rings. The van der Waals surface area contributed by atoms with Gasteiger partial charge in [0.05, 0.1) is 21.7 Å². The second-order valence-corrected chi connectivity index (χ2v) is 10.5. The number of carbonyl (C=O) groups excluding carboxylic acids is 3. The molecule has 3 aliphatic carbocycles. The molecule has 3 aromatic carbocycles. The van der Waals surface area contributed by atoms with Crippen LogP contribution in [0.2, 0.25) is 0 Å². The van der Waals surface area contributed by atoms with Crippen molar-refractivity contribution in [2.45, 2.75) is 16.4 Å². The number of hydrogen-bond acceptors (Lipinski definition) is 3. The standard InChI is InChI=1S/C27H18BrF3N2O3/c28-26-18-10-3-1-8-16(18)21(17-9-2-4-11-19(17)26)22-23(26)25(36)33(24(22)35)13-20(34)32-15-7-5-6-14(12-15)27(29,30)31/h1-12,21-23H,13H2,(H,32,34). The van der Waals surface area contributed by atoms with Gasteiger partial charge in [-0.2, -0.15) is 13.2 Å². The van der Waals surface area contributed by atoms with Crippen LogP contribution in [0.4, 0.5) is 18.9 Å². The third-order valence-electron chi connectivity index (χ3n) is 7.38. The van der Waals surface area contributed by atoms with E-state index in [4.69, 9.17) is 0 Å². The summed E-state index contributed by atoms with van der Waals surface area (Å²) >= 11 is 3.87.